The molecule has 88 valence electrons. The van der Waals surface area contributed by atoms with Crippen molar-refractivity contribution in [3.63, 3.8) is 0 Å². The van der Waals surface area contributed by atoms with E-state index in [1.165, 1.54) is 6.20 Å². The zero-order chi connectivity index (χ0) is 12.4. The van der Waals surface area contributed by atoms with E-state index in [1.54, 1.807) is 18.2 Å². The second kappa shape index (κ2) is 5.40. The van der Waals surface area contributed by atoms with Gasteiger partial charge in [0.2, 0.25) is 5.28 Å². The van der Waals surface area contributed by atoms with Crippen LogP contribution in [0.25, 0.3) is 0 Å². The third kappa shape index (κ3) is 3.02. The van der Waals surface area contributed by atoms with Gasteiger partial charge in [0.25, 0.3) is 0 Å². The van der Waals surface area contributed by atoms with E-state index in [2.05, 4.69) is 9.97 Å². The predicted molar refractivity (Wildman–Crippen MR) is 71.3 cm³/mol. The van der Waals surface area contributed by atoms with Crippen LogP contribution in [0.5, 0.6) is 0 Å². The molecular formula is C11H6Cl4N2. The molecule has 0 aliphatic rings. The predicted octanol–water partition coefficient (Wildman–Crippen LogP) is 4.68. The van der Waals surface area contributed by atoms with Gasteiger partial charge in [-0.05, 0) is 29.3 Å². The van der Waals surface area contributed by atoms with Crippen molar-refractivity contribution >= 4 is 46.4 Å². The lowest BCUT2D eigenvalue weighted by Gasteiger charge is -2.07. The molecule has 0 radical (unpaired) electrons. The molecule has 0 aliphatic carbocycles. The van der Waals surface area contributed by atoms with Gasteiger partial charge in [-0.25, -0.2) is 9.97 Å². The fourth-order valence-electron chi connectivity index (χ4n) is 1.37. The van der Waals surface area contributed by atoms with Gasteiger partial charge in [-0.2, -0.15) is 0 Å². The molecule has 0 saturated heterocycles. The summed E-state index contributed by atoms with van der Waals surface area (Å²) in [6.45, 7) is 0. The van der Waals surface area contributed by atoms with E-state index in [-0.39, 0.29) is 5.28 Å². The van der Waals surface area contributed by atoms with Gasteiger partial charge in [-0.1, -0.05) is 40.9 Å². The second-order valence-corrected chi connectivity index (χ2v) is 4.87. The maximum atomic E-state index is 6.07. The Balaban J connectivity index is 2.41. The van der Waals surface area contributed by atoms with Crippen LogP contribution in [0.1, 0.15) is 11.3 Å². The molecule has 0 aliphatic heterocycles. The summed E-state index contributed by atoms with van der Waals surface area (Å²) in [6, 6.07) is 5.31. The Kier molecular flexibility index (Phi) is 4.10. The summed E-state index contributed by atoms with van der Waals surface area (Å²) in [4.78, 5) is 7.84. The SMILES string of the molecule is Clc1ncc(Cl)c(Cc2c(Cl)cccc2Cl)n1. The molecule has 0 N–H and O–H groups in total. The van der Waals surface area contributed by atoms with E-state index < -0.39 is 0 Å². The summed E-state index contributed by atoms with van der Waals surface area (Å²) < 4.78 is 0. The number of hydrogen-bond donors (Lipinski definition) is 0. The molecule has 1 heterocycles. The van der Waals surface area contributed by atoms with Crippen LogP contribution in [0.15, 0.2) is 24.4 Å². The van der Waals surface area contributed by atoms with Crippen molar-refractivity contribution in [3.8, 4) is 0 Å². The van der Waals surface area contributed by atoms with Crippen LogP contribution in [0.4, 0.5) is 0 Å². The van der Waals surface area contributed by atoms with Crippen LogP contribution in [-0.2, 0) is 6.42 Å². The van der Waals surface area contributed by atoms with E-state index >= 15 is 0 Å². The first-order valence-electron chi connectivity index (χ1n) is 4.67. The number of benzene rings is 1. The van der Waals surface area contributed by atoms with Crippen LogP contribution in [-0.4, -0.2) is 9.97 Å². The molecule has 0 atom stereocenters. The number of hydrogen-bond acceptors (Lipinski definition) is 2. The van der Waals surface area contributed by atoms with Gasteiger partial charge in [0, 0.05) is 16.5 Å². The van der Waals surface area contributed by atoms with Crippen molar-refractivity contribution in [3.05, 3.63) is 56.0 Å². The van der Waals surface area contributed by atoms with E-state index in [0.717, 1.165) is 5.56 Å². The molecule has 2 nitrogen and oxygen atoms in total. The molecule has 17 heavy (non-hydrogen) atoms. The summed E-state index contributed by atoms with van der Waals surface area (Å²) in [5.41, 5.74) is 1.37. The minimum Gasteiger partial charge on any atom is -0.225 e. The maximum Gasteiger partial charge on any atom is 0.222 e. The first kappa shape index (κ1) is 12.9. The summed E-state index contributed by atoms with van der Waals surface area (Å²) in [6.07, 6.45) is 1.87. The molecule has 0 amide bonds. The molecule has 1 aromatic heterocycles. The fourth-order valence-corrected chi connectivity index (χ4v) is 2.21. The molecule has 0 unspecified atom stereocenters. The molecular weight excluding hydrogens is 302 g/mol. The highest BCUT2D eigenvalue weighted by atomic mass is 35.5. The molecule has 2 rings (SSSR count). The zero-order valence-corrected chi connectivity index (χ0v) is 11.4. The molecule has 0 fully saturated rings. The van der Waals surface area contributed by atoms with Crippen molar-refractivity contribution in [1.82, 2.24) is 9.97 Å². The maximum absolute atomic E-state index is 6.07. The van der Waals surface area contributed by atoms with Crippen molar-refractivity contribution in [2.45, 2.75) is 6.42 Å². The van der Waals surface area contributed by atoms with Gasteiger partial charge in [0.05, 0.1) is 16.9 Å². The quantitative estimate of drug-likeness (QED) is 0.753. The third-order valence-electron chi connectivity index (χ3n) is 2.19. The van der Waals surface area contributed by atoms with Gasteiger partial charge in [-0.3, -0.25) is 0 Å². The summed E-state index contributed by atoms with van der Waals surface area (Å²) in [7, 11) is 0. The monoisotopic (exact) mass is 306 g/mol. The lowest BCUT2D eigenvalue weighted by Crippen LogP contribution is -1.97. The number of rotatable bonds is 2. The molecule has 6 heteroatoms. The summed E-state index contributed by atoms with van der Waals surface area (Å²) >= 11 is 23.8. The minimum atomic E-state index is 0.146. The Labute approximate surface area is 119 Å². The highest BCUT2D eigenvalue weighted by molar-refractivity contribution is 6.36. The Morgan fingerprint density at radius 1 is 0.941 bits per heavy atom. The molecule has 1 aromatic carbocycles. The first-order valence-corrected chi connectivity index (χ1v) is 6.19. The Hall–Kier alpha value is -0.540. The minimum absolute atomic E-state index is 0.146. The van der Waals surface area contributed by atoms with Gasteiger partial charge in [0.15, 0.2) is 0 Å². The third-order valence-corrected chi connectivity index (χ3v) is 3.40. The normalized spacial score (nSPS) is 10.6. The van der Waals surface area contributed by atoms with Crippen LogP contribution >= 0.6 is 46.4 Å². The van der Waals surface area contributed by atoms with Gasteiger partial charge < -0.3 is 0 Å². The van der Waals surface area contributed by atoms with Crippen molar-refractivity contribution in [2.24, 2.45) is 0 Å². The molecule has 0 bridgehead atoms. The Bertz CT molecular complexity index is 537. The molecule has 2 aromatic rings. The Morgan fingerprint density at radius 3 is 2.24 bits per heavy atom. The fraction of sp³-hybridized carbons (Fsp3) is 0.0909. The second-order valence-electron chi connectivity index (χ2n) is 3.31. The summed E-state index contributed by atoms with van der Waals surface area (Å²) in [5, 5.41) is 1.73. The van der Waals surface area contributed by atoms with Gasteiger partial charge in [-0.15, -0.1) is 0 Å². The average Bonchev–Trinajstić information content (AvgIpc) is 2.28. The van der Waals surface area contributed by atoms with E-state index in [0.29, 0.717) is 27.2 Å². The van der Waals surface area contributed by atoms with Crippen molar-refractivity contribution < 1.29 is 0 Å². The van der Waals surface area contributed by atoms with Crippen molar-refractivity contribution in [1.29, 1.82) is 0 Å². The summed E-state index contributed by atoms with van der Waals surface area (Å²) in [5.74, 6) is 0. The van der Waals surface area contributed by atoms with Gasteiger partial charge in [0.1, 0.15) is 0 Å². The number of nitrogens with zero attached hydrogens (tertiary/aromatic N) is 2. The topological polar surface area (TPSA) is 25.8 Å². The zero-order valence-electron chi connectivity index (χ0n) is 8.42. The van der Waals surface area contributed by atoms with E-state index in [1.807, 2.05) is 0 Å². The van der Waals surface area contributed by atoms with Crippen LogP contribution < -0.4 is 0 Å². The average molecular weight is 308 g/mol. The largest absolute Gasteiger partial charge is 0.225 e. The molecule has 0 spiro atoms. The van der Waals surface area contributed by atoms with Crippen LogP contribution in [0, 0.1) is 0 Å². The lowest BCUT2D eigenvalue weighted by molar-refractivity contribution is 1.03. The smallest absolute Gasteiger partial charge is 0.222 e. The number of halogens is 4. The van der Waals surface area contributed by atoms with Gasteiger partial charge >= 0.3 is 0 Å². The van der Waals surface area contributed by atoms with E-state index in [9.17, 15) is 0 Å². The highest BCUT2D eigenvalue weighted by Crippen LogP contribution is 2.28. The van der Waals surface area contributed by atoms with E-state index in [4.69, 9.17) is 46.4 Å². The standard InChI is InChI=1S/C11H6Cl4N2/c12-7-2-1-3-8(13)6(7)4-10-9(14)5-16-11(15)17-10/h1-3,5H,4H2. The first-order chi connectivity index (χ1) is 8.08. The van der Waals surface area contributed by atoms with Crippen LogP contribution in [0.3, 0.4) is 0 Å². The lowest BCUT2D eigenvalue weighted by atomic mass is 10.1. The highest BCUT2D eigenvalue weighted by Gasteiger charge is 2.11. The van der Waals surface area contributed by atoms with Crippen molar-refractivity contribution in [2.75, 3.05) is 0 Å². The molecule has 0 saturated carbocycles. The van der Waals surface area contributed by atoms with Crippen LogP contribution in [0.2, 0.25) is 20.4 Å². The number of aromatic nitrogens is 2. The Morgan fingerprint density at radius 2 is 1.59 bits per heavy atom.